The van der Waals surface area contributed by atoms with E-state index in [1.165, 1.54) is 6.07 Å². The fourth-order valence-electron chi connectivity index (χ4n) is 3.41. The van der Waals surface area contributed by atoms with Crippen molar-refractivity contribution in [2.75, 3.05) is 37.6 Å². The Labute approximate surface area is 168 Å². The van der Waals surface area contributed by atoms with Gasteiger partial charge >= 0.3 is 6.18 Å². The van der Waals surface area contributed by atoms with Crippen LogP contribution < -0.4 is 10.2 Å². The third kappa shape index (κ3) is 5.93. The molecule has 0 radical (unpaired) electrons. The number of rotatable bonds is 5. The van der Waals surface area contributed by atoms with E-state index in [-0.39, 0.29) is 11.9 Å². The standard InChI is InChI=1S/C21H25F3N4O/c1-16(17-6-3-2-4-7-17)26-20(29)15-27-10-5-11-28(13-12-27)19-9-8-18(14-25-19)21(22,23)24/h2-4,6-9,14,16H,5,10-13,15H2,1H3,(H,26,29). The molecule has 1 N–H and O–H groups in total. The summed E-state index contributed by atoms with van der Waals surface area (Å²) in [5.74, 6) is 0.490. The van der Waals surface area contributed by atoms with Crippen LogP contribution >= 0.6 is 0 Å². The van der Waals surface area contributed by atoms with Gasteiger partial charge < -0.3 is 10.2 Å². The molecular formula is C21H25F3N4O. The Balaban J connectivity index is 1.51. The highest BCUT2D eigenvalue weighted by Crippen LogP contribution is 2.29. The van der Waals surface area contributed by atoms with E-state index < -0.39 is 11.7 Å². The van der Waals surface area contributed by atoms with Crippen LogP contribution in [0.2, 0.25) is 0 Å². The molecule has 2 aromatic rings. The van der Waals surface area contributed by atoms with Gasteiger partial charge in [0.25, 0.3) is 0 Å². The summed E-state index contributed by atoms with van der Waals surface area (Å²) in [7, 11) is 0. The van der Waals surface area contributed by atoms with E-state index in [0.29, 0.717) is 32.0 Å². The summed E-state index contributed by atoms with van der Waals surface area (Å²) in [4.78, 5) is 20.4. The first-order chi connectivity index (χ1) is 13.8. The fourth-order valence-corrected chi connectivity index (χ4v) is 3.41. The topological polar surface area (TPSA) is 48.5 Å². The highest BCUT2D eigenvalue weighted by molar-refractivity contribution is 5.78. The molecular weight excluding hydrogens is 381 g/mol. The van der Waals surface area contributed by atoms with Gasteiger partial charge in [-0.15, -0.1) is 0 Å². The number of alkyl halides is 3. The van der Waals surface area contributed by atoms with E-state index in [0.717, 1.165) is 30.8 Å². The maximum Gasteiger partial charge on any atom is 0.417 e. The van der Waals surface area contributed by atoms with E-state index in [2.05, 4.69) is 15.2 Å². The molecule has 2 heterocycles. The van der Waals surface area contributed by atoms with Crippen LogP contribution in [0.15, 0.2) is 48.7 Å². The number of halogens is 3. The minimum Gasteiger partial charge on any atom is -0.355 e. The average Bonchev–Trinajstić information content (AvgIpc) is 2.93. The number of anilines is 1. The Morgan fingerprint density at radius 3 is 2.52 bits per heavy atom. The Hall–Kier alpha value is -2.61. The first-order valence-electron chi connectivity index (χ1n) is 9.68. The summed E-state index contributed by atoms with van der Waals surface area (Å²) in [5, 5.41) is 3.01. The van der Waals surface area contributed by atoms with Crippen molar-refractivity contribution in [2.24, 2.45) is 0 Å². The lowest BCUT2D eigenvalue weighted by Crippen LogP contribution is -2.40. The molecule has 1 aliphatic rings. The summed E-state index contributed by atoms with van der Waals surface area (Å²) >= 11 is 0. The quantitative estimate of drug-likeness (QED) is 0.826. The Morgan fingerprint density at radius 1 is 1.10 bits per heavy atom. The van der Waals surface area contributed by atoms with Gasteiger partial charge in [-0.05, 0) is 31.0 Å². The van der Waals surface area contributed by atoms with Crippen molar-refractivity contribution in [1.29, 1.82) is 0 Å². The van der Waals surface area contributed by atoms with Crippen molar-refractivity contribution in [3.8, 4) is 0 Å². The van der Waals surface area contributed by atoms with Gasteiger partial charge in [0.2, 0.25) is 5.91 Å². The molecule has 29 heavy (non-hydrogen) atoms. The molecule has 1 aromatic carbocycles. The van der Waals surface area contributed by atoms with Crippen LogP contribution in [-0.2, 0) is 11.0 Å². The van der Waals surface area contributed by atoms with Crippen molar-refractivity contribution in [3.63, 3.8) is 0 Å². The molecule has 0 aliphatic carbocycles. The zero-order valence-electron chi connectivity index (χ0n) is 16.3. The van der Waals surface area contributed by atoms with Crippen LogP contribution in [0.3, 0.4) is 0 Å². The van der Waals surface area contributed by atoms with Crippen molar-refractivity contribution in [3.05, 3.63) is 59.8 Å². The van der Waals surface area contributed by atoms with Crippen molar-refractivity contribution in [2.45, 2.75) is 25.6 Å². The first-order valence-corrected chi connectivity index (χ1v) is 9.68. The summed E-state index contributed by atoms with van der Waals surface area (Å²) in [6, 6.07) is 12.2. The van der Waals surface area contributed by atoms with Crippen LogP contribution in [0.25, 0.3) is 0 Å². The van der Waals surface area contributed by atoms with E-state index in [1.807, 2.05) is 42.2 Å². The number of amides is 1. The molecule has 5 nitrogen and oxygen atoms in total. The van der Waals surface area contributed by atoms with Crippen molar-refractivity contribution in [1.82, 2.24) is 15.2 Å². The molecule has 1 amide bonds. The Bertz CT molecular complexity index is 796. The van der Waals surface area contributed by atoms with Crippen molar-refractivity contribution < 1.29 is 18.0 Å². The lowest BCUT2D eigenvalue weighted by atomic mass is 10.1. The second-order valence-electron chi connectivity index (χ2n) is 7.22. The van der Waals surface area contributed by atoms with Gasteiger partial charge in [0.05, 0.1) is 18.2 Å². The maximum absolute atomic E-state index is 12.7. The average molecular weight is 406 g/mol. The van der Waals surface area contributed by atoms with Gasteiger partial charge in [-0.1, -0.05) is 30.3 Å². The van der Waals surface area contributed by atoms with Crippen LogP contribution in [0, 0.1) is 0 Å². The van der Waals surface area contributed by atoms with Gasteiger partial charge in [0, 0.05) is 32.4 Å². The number of carbonyl (C=O) groups is 1. The van der Waals surface area contributed by atoms with Crippen LogP contribution in [0.4, 0.5) is 19.0 Å². The number of aromatic nitrogens is 1. The number of nitrogens with one attached hydrogen (secondary N) is 1. The molecule has 1 fully saturated rings. The Kier molecular flexibility index (Phi) is 6.74. The smallest absolute Gasteiger partial charge is 0.355 e. The number of hydrogen-bond donors (Lipinski definition) is 1. The number of pyridine rings is 1. The minimum absolute atomic E-state index is 0.0394. The SMILES string of the molecule is CC(NC(=O)CN1CCCN(c2ccc(C(F)(F)F)cn2)CC1)c1ccccc1. The largest absolute Gasteiger partial charge is 0.417 e. The van der Waals surface area contributed by atoms with E-state index in [9.17, 15) is 18.0 Å². The molecule has 0 spiro atoms. The summed E-state index contributed by atoms with van der Waals surface area (Å²) < 4.78 is 38.1. The monoisotopic (exact) mass is 406 g/mol. The minimum atomic E-state index is -4.38. The third-order valence-corrected chi connectivity index (χ3v) is 5.03. The van der Waals surface area contributed by atoms with E-state index in [4.69, 9.17) is 0 Å². The fraction of sp³-hybridized carbons (Fsp3) is 0.429. The predicted molar refractivity (Wildman–Crippen MR) is 106 cm³/mol. The molecule has 1 atom stereocenters. The molecule has 0 saturated carbocycles. The van der Waals surface area contributed by atoms with Crippen LogP contribution in [-0.4, -0.2) is 48.5 Å². The molecule has 1 unspecified atom stereocenters. The lowest BCUT2D eigenvalue weighted by molar-refractivity contribution is -0.137. The second-order valence-corrected chi connectivity index (χ2v) is 7.22. The highest BCUT2D eigenvalue weighted by atomic mass is 19.4. The van der Waals surface area contributed by atoms with Crippen molar-refractivity contribution >= 4 is 11.7 Å². The van der Waals surface area contributed by atoms with Gasteiger partial charge in [-0.25, -0.2) is 4.98 Å². The van der Waals surface area contributed by atoms with Crippen LogP contribution in [0.1, 0.15) is 30.5 Å². The van der Waals surface area contributed by atoms with Gasteiger partial charge in [-0.3, -0.25) is 9.69 Å². The second kappa shape index (κ2) is 9.26. The molecule has 1 aromatic heterocycles. The summed E-state index contributed by atoms with van der Waals surface area (Å²) in [6.07, 6.45) is -2.70. The van der Waals surface area contributed by atoms with E-state index >= 15 is 0 Å². The molecule has 3 rings (SSSR count). The number of carbonyl (C=O) groups excluding carboxylic acids is 1. The number of hydrogen-bond acceptors (Lipinski definition) is 4. The van der Waals surface area contributed by atoms with Gasteiger partial charge in [0.1, 0.15) is 5.82 Å². The first kappa shape index (κ1) is 21.1. The molecule has 0 bridgehead atoms. The molecule has 1 saturated heterocycles. The predicted octanol–water partition coefficient (Wildman–Crippen LogP) is 3.49. The number of benzene rings is 1. The Morgan fingerprint density at radius 2 is 1.86 bits per heavy atom. The number of nitrogens with zero attached hydrogens (tertiary/aromatic N) is 3. The molecule has 1 aliphatic heterocycles. The molecule has 156 valence electrons. The zero-order chi connectivity index (χ0) is 20.9. The summed E-state index contributed by atoms with van der Waals surface area (Å²) in [6.45, 7) is 4.95. The van der Waals surface area contributed by atoms with Crippen LogP contribution in [0.5, 0.6) is 0 Å². The van der Waals surface area contributed by atoms with Gasteiger partial charge in [0.15, 0.2) is 0 Å². The molecule has 8 heteroatoms. The third-order valence-electron chi connectivity index (χ3n) is 5.03. The normalized spacial score (nSPS) is 16.9. The maximum atomic E-state index is 12.7. The zero-order valence-corrected chi connectivity index (χ0v) is 16.3. The highest BCUT2D eigenvalue weighted by Gasteiger charge is 2.31. The van der Waals surface area contributed by atoms with Gasteiger partial charge in [-0.2, -0.15) is 13.2 Å². The summed E-state index contributed by atoms with van der Waals surface area (Å²) in [5.41, 5.74) is 0.304. The lowest BCUT2D eigenvalue weighted by Gasteiger charge is -2.23. The van der Waals surface area contributed by atoms with E-state index in [1.54, 1.807) is 0 Å².